The molecule has 8 unspecified atom stereocenters. The molecule has 0 N–H and O–H groups in total. The Morgan fingerprint density at radius 3 is 2.51 bits per heavy atom. The topological polar surface area (TPSA) is 16.1 Å². The molecule has 210 valence electrons. The zero-order chi connectivity index (χ0) is 27.9. The summed E-state index contributed by atoms with van der Waals surface area (Å²) in [5, 5.41) is 0. The number of benzene rings is 1. The molecular formula is C39H44N2. The Balaban J connectivity index is 1.36. The molecule has 2 aliphatic heterocycles. The molecule has 0 radical (unpaired) electrons. The molecule has 8 bridgehead atoms. The van der Waals surface area contributed by atoms with E-state index in [1.54, 1.807) is 11.1 Å². The van der Waals surface area contributed by atoms with Crippen molar-refractivity contribution in [2.45, 2.75) is 69.9 Å². The highest BCUT2D eigenvalue weighted by Crippen LogP contribution is 2.45. The van der Waals surface area contributed by atoms with Crippen molar-refractivity contribution < 1.29 is 0 Å². The van der Waals surface area contributed by atoms with Crippen LogP contribution in [-0.4, -0.2) is 29.0 Å². The molecule has 8 atom stereocenters. The lowest BCUT2D eigenvalue weighted by molar-refractivity contribution is 0.0928. The number of nitrogens with zero attached hydrogens (tertiary/aromatic N) is 2. The van der Waals surface area contributed by atoms with Crippen LogP contribution in [0.1, 0.15) is 69.0 Å². The van der Waals surface area contributed by atoms with Gasteiger partial charge in [-0.05, 0) is 80.2 Å². The highest BCUT2D eigenvalue weighted by Gasteiger charge is 2.40. The van der Waals surface area contributed by atoms with Gasteiger partial charge >= 0.3 is 0 Å². The molecule has 3 heterocycles. The van der Waals surface area contributed by atoms with Gasteiger partial charge in [0.05, 0.1) is 5.69 Å². The Hall–Kier alpha value is -3.23. The summed E-state index contributed by atoms with van der Waals surface area (Å²) in [6.07, 6.45) is 30.0. The van der Waals surface area contributed by atoms with E-state index in [-0.39, 0.29) is 0 Å². The van der Waals surface area contributed by atoms with Gasteiger partial charge in [0.1, 0.15) is 0 Å². The van der Waals surface area contributed by atoms with Crippen LogP contribution in [0.2, 0.25) is 0 Å². The van der Waals surface area contributed by atoms with Crippen molar-refractivity contribution in [1.82, 2.24) is 9.88 Å². The second-order valence-corrected chi connectivity index (χ2v) is 13.1. The highest BCUT2D eigenvalue weighted by molar-refractivity contribution is 5.66. The first-order valence-corrected chi connectivity index (χ1v) is 16.0. The van der Waals surface area contributed by atoms with E-state index in [9.17, 15) is 0 Å². The molecule has 41 heavy (non-hydrogen) atoms. The van der Waals surface area contributed by atoms with Crippen LogP contribution in [0, 0.1) is 23.7 Å². The van der Waals surface area contributed by atoms with Gasteiger partial charge in [-0.2, -0.15) is 0 Å². The number of likely N-dealkylation sites (N-methyl/N-ethyl adjacent to an activating group) is 1. The van der Waals surface area contributed by atoms with Gasteiger partial charge in [-0.15, -0.1) is 0 Å². The van der Waals surface area contributed by atoms with Crippen molar-refractivity contribution >= 4 is 0 Å². The molecule has 1 aromatic carbocycles. The lowest BCUT2D eigenvalue weighted by Crippen LogP contribution is -2.50. The molecule has 3 aliphatic carbocycles. The average Bonchev–Trinajstić information content (AvgIpc) is 3.01. The van der Waals surface area contributed by atoms with Gasteiger partial charge in [0.2, 0.25) is 0 Å². The van der Waals surface area contributed by atoms with E-state index in [0.717, 1.165) is 12.1 Å². The van der Waals surface area contributed by atoms with Gasteiger partial charge in [-0.1, -0.05) is 111 Å². The van der Waals surface area contributed by atoms with Crippen molar-refractivity contribution in [2.75, 3.05) is 7.05 Å². The van der Waals surface area contributed by atoms with E-state index in [2.05, 4.69) is 129 Å². The summed E-state index contributed by atoms with van der Waals surface area (Å²) in [4.78, 5) is 8.13. The normalized spacial score (nSPS) is 34.5. The molecule has 0 saturated carbocycles. The molecule has 2 aromatic rings. The van der Waals surface area contributed by atoms with E-state index in [4.69, 9.17) is 4.98 Å². The molecule has 1 aromatic heterocycles. The molecule has 0 amide bonds. The minimum absolute atomic E-state index is 0.314. The van der Waals surface area contributed by atoms with Crippen LogP contribution < -0.4 is 0 Å². The molecule has 1 fully saturated rings. The summed E-state index contributed by atoms with van der Waals surface area (Å²) in [5.74, 6) is 2.71. The van der Waals surface area contributed by atoms with Crippen molar-refractivity contribution in [3.8, 4) is 11.3 Å². The van der Waals surface area contributed by atoms with Gasteiger partial charge in [0, 0.05) is 41.1 Å². The van der Waals surface area contributed by atoms with Crippen LogP contribution in [0.15, 0.2) is 114 Å². The number of hydrogen-bond acceptors (Lipinski definition) is 2. The Bertz CT molecular complexity index is 1470. The number of fused-ring (bicyclic) bond motifs is 15. The maximum Gasteiger partial charge on any atom is 0.0708 e. The Morgan fingerprint density at radius 1 is 0.756 bits per heavy atom. The summed E-state index contributed by atoms with van der Waals surface area (Å²) in [6, 6.07) is 16.8. The second kappa shape index (κ2) is 11.2. The predicted octanol–water partition coefficient (Wildman–Crippen LogP) is 9.19. The fourth-order valence-corrected chi connectivity index (χ4v) is 8.62. The minimum Gasteiger partial charge on any atom is -0.296 e. The van der Waals surface area contributed by atoms with Crippen LogP contribution >= 0.6 is 0 Å². The molecule has 1 saturated heterocycles. The summed E-state index contributed by atoms with van der Waals surface area (Å²) in [7, 11) is 2.41. The van der Waals surface area contributed by atoms with Crippen molar-refractivity contribution in [3.63, 3.8) is 0 Å². The van der Waals surface area contributed by atoms with Crippen molar-refractivity contribution in [2.24, 2.45) is 23.7 Å². The number of aromatic nitrogens is 1. The Kier molecular flexibility index (Phi) is 7.29. The predicted molar refractivity (Wildman–Crippen MR) is 172 cm³/mol. The third-order valence-electron chi connectivity index (χ3n) is 11.0. The molecular weight excluding hydrogens is 496 g/mol. The fraction of sp³-hybridized carbons (Fsp3) is 0.410. The fourth-order valence-electron chi connectivity index (χ4n) is 8.62. The zero-order valence-electron chi connectivity index (χ0n) is 24.9. The molecule has 0 spiro atoms. The van der Waals surface area contributed by atoms with Gasteiger partial charge in [-0.25, -0.2) is 0 Å². The summed E-state index contributed by atoms with van der Waals surface area (Å²) in [5.41, 5.74) is 8.20. The molecule has 5 aliphatic rings. The maximum atomic E-state index is 5.38. The smallest absolute Gasteiger partial charge is 0.0708 e. The summed E-state index contributed by atoms with van der Waals surface area (Å²) >= 11 is 0. The first kappa shape index (κ1) is 26.7. The lowest BCUT2D eigenvalue weighted by atomic mass is 9.70. The number of pyridine rings is 1. The van der Waals surface area contributed by atoms with E-state index in [1.807, 2.05) is 0 Å². The highest BCUT2D eigenvalue weighted by atomic mass is 15.2. The number of hydrogen-bond donors (Lipinski definition) is 0. The van der Waals surface area contributed by atoms with Crippen LogP contribution in [0.4, 0.5) is 0 Å². The first-order chi connectivity index (χ1) is 20.1. The lowest BCUT2D eigenvalue weighted by Gasteiger charge is -2.47. The minimum atomic E-state index is 0.314. The Morgan fingerprint density at radius 2 is 1.59 bits per heavy atom. The van der Waals surface area contributed by atoms with Crippen LogP contribution in [0.25, 0.3) is 11.3 Å². The third kappa shape index (κ3) is 4.85. The van der Waals surface area contributed by atoms with Crippen molar-refractivity contribution in [3.05, 3.63) is 126 Å². The van der Waals surface area contributed by atoms with E-state index in [1.165, 1.54) is 42.5 Å². The number of allylic oxidation sites excluding steroid dienone is 10. The van der Waals surface area contributed by atoms with Gasteiger partial charge < -0.3 is 0 Å². The van der Waals surface area contributed by atoms with E-state index < -0.39 is 0 Å². The van der Waals surface area contributed by atoms with Gasteiger partial charge in [0.15, 0.2) is 0 Å². The van der Waals surface area contributed by atoms with Crippen LogP contribution in [0.5, 0.6) is 0 Å². The van der Waals surface area contributed by atoms with Gasteiger partial charge in [0.25, 0.3) is 0 Å². The quantitative estimate of drug-likeness (QED) is 0.331. The van der Waals surface area contributed by atoms with Crippen molar-refractivity contribution in [1.29, 1.82) is 0 Å². The monoisotopic (exact) mass is 540 g/mol. The second-order valence-electron chi connectivity index (χ2n) is 13.1. The zero-order valence-corrected chi connectivity index (χ0v) is 24.9. The number of rotatable bonds is 0. The third-order valence-corrected chi connectivity index (χ3v) is 11.0. The van der Waals surface area contributed by atoms with Gasteiger partial charge in [-0.3, -0.25) is 9.88 Å². The average molecular weight is 541 g/mol. The summed E-state index contributed by atoms with van der Waals surface area (Å²) in [6.45, 7) is 4.90. The van der Waals surface area contributed by atoms with E-state index in [0.29, 0.717) is 47.6 Å². The molecule has 7 rings (SSSR count). The van der Waals surface area contributed by atoms with E-state index >= 15 is 0 Å². The SMILES string of the molecule is CC1C2=CC=CC1CCC1=CC=CC(c3cccc(n3)-c3ccccc3C3C=CC=CC3C3CCCC2N3C)C1C. The largest absolute Gasteiger partial charge is 0.296 e. The summed E-state index contributed by atoms with van der Waals surface area (Å²) < 4.78 is 0. The molecule has 2 nitrogen and oxygen atoms in total. The molecule has 2 heteroatoms. The standard InChI is InChI=1S/C39H44N2/c1-26-28-12-8-18-30(26)36-20-10-21-37(40-36)34-16-6-4-14-32(34)33-15-5-7-17-35(33)39-23-11-22-38(41(39)3)31-19-9-13-29(25-24-28)27(31)2/h4-10,12-21,26-27,29-30,33,35,38-39H,11,22-25H2,1-3H3. The maximum absolute atomic E-state index is 5.38. The Labute approximate surface area is 247 Å². The number of piperidine rings is 1. The van der Waals surface area contributed by atoms with Crippen LogP contribution in [0.3, 0.4) is 0 Å². The first-order valence-electron chi connectivity index (χ1n) is 16.0. The van der Waals surface area contributed by atoms with Crippen LogP contribution in [-0.2, 0) is 0 Å².